The number of hydrogen-bond acceptors (Lipinski definition) is 11. The Labute approximate surface area is 213 Å². The van der Waals surface area contributed by atoms with Crippen molar-refractivity contribution in [3.63, 3.8) is 0 Å². The number of alkyl carbamates (subject to hydrolysis) is 1. The smallest absolute Gasteiger partial charge is 0.407 e. The quantitative estimate of drug-likeness (QED) is 0.418. The first-order valence-electron chi connectivity index (χ1n) is 10.8. The predicted molar refractivity (Wildman–Crippen MR) is 128 cm³/mol. The van der Waals surface area contributed by atoms with Crippen LogP contribution in [0.2, 0.25) is 0 Å². The second kappa shape index (κ2) is 9.52. The first-order chi connectivity index (χ1) is 17.2. The number of rotatable bonds is 7. The summed E-state index contributed by atoms with van der Waals surface area (Å²) in [6.07, 6.45) is -2.39. The Bertz CT molecular complexity index is 1540. The van der Waals surface area contributed by atoms with Crippen molar-refractivity contribution in [2.75, 3.05) is 26.7 Å². The van der Waals surface area contributed by atoms with Crippen molar-refractivity contribution in [3.8, 4) is 5.75 Å². The Hall–Kier alpha value is -3.33. The van der Waals surface area contributed by atoms with E-state index < -0.39 is 56.7 Å². The molecule has 2 aromatic carbocycles. The molecule has 0 radical (unpaired) electrons. The highest BCUT2D eigenvalue weighted by molar-refractivity contribution is 7.86. The fourth-order valence-corrected chi connectivity index (χ4v) is 5.79. The standard InChI is InChI=1S/C23H23NO11S2/c1-24-23(27)33-10-11-7-16-19(21(26)14-8-12(32-2)5-6-13(14)20(16)25)15-9-17(34-36(3,28)29)22(18(11)15)35-37(4,30)31/h5-8,17,22H,9-10H2,1-4H3,(H,24,27). The zero-order valence-corrected chi connectivity index (χ0v) is 21.8. The van der Waals surface area contributed by atoms with Gasteiger partial charge in [0.05, 0.1) is 19.6 Å². The SMILES string of the molecule is CNC(=O)OCc1cc2c(c3c1C(OS(C)(=O)=O)C(OS(C)(=O)=O)C3)C(=O)c1cc(OC)ccc1C2=O. The normalized spacial score (nSPS) is 18.6. The number of fused-ring (bicyclic) bond motifs is 4. The lowest BCUT2D eigenvalue weighted by molar-refractivity contribution is 0.0763. The summed E-state index contributed by atoms with van der Waals surface area (Å²) in [5, 5.41) is 2.27. The molecule has 1 amide bonds. The average molecular weight is 554 g/mol. The van der Waals surface area contributed by atoms with Gasteiger partial charge in [-0.3, -0.25) is 18.0 Å². The van der Waals surface area contributed by atoms with E-state index >= 15 is 0 Å². The molecular formula is C23H23NO11S2. The number of amides is 1. The van der Waals surface area contributed by atoms with Gasteiger partial charge in [-0.1, -0.05) is 0 Å². The van der Waals surface area contributed by atoms with E-state index in [-0.39, 0.29) is 45.4 Å². The molecule has 198 valence electrons. The number of carbonyl (C=O) groups excluding carboxylic acids is 3. The molecule has 1 N–H and O–H groups in total. The number of nitrogens with one attached hydrogen (secondary N) is 1. The van der Waals surface area contributed by atoms with Gasteiger partial charge in [0.15, 0.2) is 11.6 Å². The maximum absolute atomic E-state index is 13.7. The van der Waals surface area contributed by atoms with Crippen LogP contribution >= 0.6 is 0 Å². The van der Waals surface area contributed by atoms with Crippen LogP contribution < -0.4 is 10.1 Å². The third kappa shape index (κ3) is 5.23. The van der Waals surface area contributed by atoms with E-state index in [1.165, 1.54) is 38.4 Å². The van der Waals surface area contributed by atoms with Crippen LogP contribution in [0.5, 0.6) is 5.75 Å². The van der Waals surface area contributed by atoms with Gasteiger partial charge in [-0.25, -0.2) is 4.79 Å². The van der Waals surface area contributed by atoms with Crippen LogP contribution in [0.25, 0.3) is 0 Å². The third-order valence-electron chi connectivity index (χ3n) is 5.92. The molecule has 2 aromatic rings. The third-order valence-corrected chi connectivity index (χ3v) is 7.07. The molecule has 2 unspecified atom stereocenters. The van der Waals surface area contributed by atoms with Crippen molar-refractivity contribution in [1.82, 2.24) is 5.32 Å². The minimum absolute atomic E-state index is 0.00460. The van der Waals surface area contributed by atoms with Crippen LogP contribution in [-0.4, -0.2) is 67.3 Å². The summed E-state index contributed by atoms with van der Waals surface area (Å²) in [4.78, 5) is 38.9. The van der Waals surface area contributed by atoms with Crippen LogP contribution in [0.1, 0.15) is 54.6 Å². The van der Waals surface area contributed by atoms with E-state index in [4.69, 9.17) is 17.8 Å². The van der Waals surface area contributed by atoms with E-state index in [2.05, 4.69) is 5.32 Å². The fraction of sp³-hybridized carbons (Fsp3) is 0.348. The maximum atomic E-state index is 13.7. The lowest BCUT2D eigenvalue weighted by atomic mass is 9.79. The van der Waals surface area contributed by atoms with E-state index in [1.54, 1.807) is 0 Å². The van der Waals surface area contributed by atoms with Gasteiger partial charge >= 0.3 is 6.09 Å². The number of benzene rings is 2. The van der Waals surface area contributed by atoms with Crippen molar-refractivity contribution >= 4 is 37.9 Å². The van der Waals surface area contributed by atoms with Crippen molar-refractivity contribution in [1.29, 1.82) is 0 Å². The predicted octanol–water partition coefficient (Wildman–Crippen LogP) is 1.24. The highest BCUT2D eigenvalue weighted by atomic mass is 32.2. The Kier molecular flexibility index (Phi) is 6.88. The first-order valence-corrected chi connectivity index (χ1v) is 14.4. The topological polar surface area (TPSA) is 168 Å². The van der Waals surface area contributed by atoms with Gasteiger partial charge in [0.25, 0.3) is 20.2 Å². The van der Waals surface area contributed by atoms with Gasteiger partial charge in [-0.15, -0.1) is 0 Å². The number of ketones is 2. The van der Waals surface area contributed by atoms with Crippen LogP contribution in [0, 0.1) is 0 Å². The Morgan fingerprint density at radius 3 is 2.24 bits per heavy atom. The van der Waals surface area contributed by atoms with Gasteiger partial charge in [0.2, 0.25) is 0 Å². The number of methoxy groups -OCH3 is 1. The molecule has 14 heteroatoms. The summed E-state index contributed by atoms with van der Waals surface area (Å²) >= 11 is 0. The van der Waals surface area contributed by atoms with Crippen LogP contribution in [0.3, 0.4) is 0 Å². The molecule has 2 atom stereocenters. The van der Waals surface area contributed by atoms with Gasteiger partial charge < -0.3 is 14.8 Å². The second-order valence-corrected chi connectivity index (χ2v) is 11.7. The Balaban J connectivity index is 1.97. The van der Waals surface area contributed by atoms with Gasteiger partial charge in [-0.2, -0.15) is 16.8 Å². The Morgan fingerprint density at radius 1 is 0.973 bits per heavy atom. The van der Waals surface area contributed by atoms with Crippen molar-refractivity contribution in [3.05, 3.63) is 63.2 Å². The number of hydrogen-bond donors (Lipinski definition) is 1. The van der Waals surface area contributed by atoms with E-state index in [9.17, 15) is 31.2 Å². The minimum atomic E-state index is -4.16. The van der Waals surface area contributed by atoms with Crippen molar-refractivity contribution < 1.29 is 49.1 Å². The molecule has 0 heterocycles. The second-order valence-electron chi connectivity index (χ2n) is 8.51. The summed E-state index contributed by atoms with van der Waals surface area (Å²) in [7, 11) is -5.52. The van der Waals surface area contributed by atoms with Crippen LogP contribution in [0.4, 0.5) is 4.79 Å². The molecule has 2 aliphatic rings. The average Bonchev–Trinajstić information content (AvgIpc) is 3.14. The van der Waals surface area contributed by atoms with Crippen LogP contribution in [0.15, 0.2) is 24.3 Å². The molecule has 37 heavy (non-hydrogen) atoms. The molecular weight excluding hydrogens is 530 g/mol. The highest BCUT2D eigenvalue weighted by Crippen LogP contribution is 2.45. The van der Waals surface area contributed by atoms with Crippen molar-refractivity contribution in [2.45, 2.75) is 25.2 Å². The van der Waals surface area contributed by atoms with E-state index in [1.807, 2.05) is 0 Å². The summed E-state index contributed by atoms with van der Waals surface area (Å²) in [6, 6.07) is 5.73. The molecule has 0 bridgehead atoms. The summed E-state index contributed by atoms with van der Waals surface area (Å²) < 4.78 is 68.9. The minimum Gasteiger partial charge on any atom is -0.497 e. The number of carbonyl (C=O) groups is 3. The summed E-state index contributed by atoms with van der Waals surface area (Å²) in [5.74, 6) is -0.701. The lowest BCUT2D eigenvalue weighted by Crippen LogP contribution is -2.26. The first kappa shape index (κ1) is 26.7. The van der Waals surface area contributed by atoms with Crippen LogP contribution in [-0.2, 0) is 46.4 Å². The molecule has 0 aliphatic heterocycles. The van der Waals surface area contributed by atoms with Gasteiger partial charge in [0, 0.05) is 35.7 Å². The zero-order valence-electron chi connectivity index (χ0n) is 20.2. The van der Waals surface area contributed by atoms with E-state index in [0.29, 0.717) is 5.75 Å². The van der Waals surface area contributed by atoms with Gasteiger partial charge in [-0.05, 0) is 41.0 Å². The molecule has 2 aliphatic carbocycles. The summed E-state index contributed by atoms with van der Waals surface area (Å²) in [6.45, 7) is -0.429. The molecule has 12 nitrogen and oxygen atoms in total. The molecule has 0 aromatic heterocycles. The largest absolute Gasteiger partial charge is 0.497 e. The molecule has 4 rings (SSSR count). The molecule has 0 saturated carbocycles. The maximum Gasteiger partial charge on any atom is 0.407 e. The lowest BCUT2D eigenvalue weighted by Gasteiger charge is -2.24. The fourth-order valence-electron chi connectivity index (χ4n) is 4.57. The zero-order chi connectivity index (χ0) is 27.3. The van der Waals surface area contributed by atoms with Crippen molar-refractivity contribution in [2.24, 2.45) is 0 Å². The molecule has 0 saturated heterocycles. The highest BCUT2D eigenvalue weighted by Gasteiger charge is 2.45. The number of ether oxygens (including phenoxy) is 2. The molecule has 0 fully saturated rings. The van der Waals surface area contributed by atoms with E-state index in [0.717, 1.165) is 12.5 Å². The summed E-state index contributed by atoms with van der Waals surface area (Å²) in [5.41, 5.74) is 0.574. The monoisotopic (exact) mass is 553 g/mol. The Morgan fingerprint density at radius 2 is 1.65 bits per heavy atom. The molecule has 0 spiro atoms. The van der Waals surface area contributed by atoms with Gasteiger partial charge in [0.1, 0.15) is 24.6 Å².